The number of carbonyl (C=O) groups is 1. The molecule has 0 unspecified atom stereocenters. The molecule has 0 saturated carbocycles. The average molecular weight is 235 g/mol. The summed E-state index contributed by atoms with van der Waals surface area (Å²) in [5, 5.41) is 3.02. The van der Waals surface area contributed by atoms with Crippen LogP contribution in [-0.2, 0) is 11.2 Å². The number of rotatable bonds is 6. The van der Waals surface area contributed by atoms with Crippen LogP contribution in [0.1, 0.15) is 32.3 Å². The first-order valence-corrected chi connectivity index (χ1v) is 6.11. The Morgan fingerprint density at radius 3 is 2.29 bits per heavy atom. The molecule has 1 N–H and O–H groups in total. The average Bonchev–Trinajstić information content (AvgIpc) is 2.37. The maximum absolute atomic E-state index is 11.8. The summed E-state index contributed by atoms with van der Waals surface area (Å²) < 4.78 is 5.07. The molecule has 0 spiro atoms. The molecule has 1 aromatic carbocycles. The topological polar surface area (TPSA) is 38.3 Å². The summed E-state index contributed by atoms with van der Waals surface area (Å²) in [5.41, 5.74) is 1.01. The zero-order chi connectivity index (χ0) is 12.7. The summed E-state index contributed by atoms with van der Waals surface area (Å²) in [7, 11) is 1.63. The van der Waals surface area contributed by atoms with Gasteiger partial charge in [0, 0.05) is 6.04 Å². The van der Waals surface area contributed by atoms with Gasteiger partial charge in [-0.1, -0.05) is 26.0 Å². The number of benzene rings is 1. The Balaban J connectivity index is 2.49. The van der Waals surface area contributed by atoms with Crippen LogP contribution in [0.25, 0.3) is 0 Å². The monoisotopic (exact) mass is 235 g/mol. The van der Waals surface area contributed by atoms with Gasteiger partial charge in [0.15, 0.2) is 0 Å². The molecule has 94 valence electrons. The van der Waals surface area contributed by atoms with E-state index >= 15 is 0 Å². The van der Waals surface area contributed by atoms with Crippen LogP contribution >= 0.6 is 0 Å². The molecule has 0 aliphatic heterocycles. The fourth-order valence-corrected chi connectivity index (χ4v) is 1.70. The van der Waals surface area contributed by atoms with E-state index in [9.17, 15) is 4.79 Å². The molecular formula is C14H21NO2. The number of carbonyl (C=O) groups excluding carboxylic acids is 1. The molecule has 0 bridgehead atoms. The maximum atomic E-state index is 11.8. The largest absolute Gasteiger partial charge is 0.497 e. The van der Waals surface area contributed by atoms with Gasteiger partial charge in [-0.15, -0.1) is 0 Å². The SMILES string of the molecule is CCC(CC)NC(=O)Cc1ccc(OC)cc1. The van der Waals surface area contributed by atoms with Crippen LogP contribution in [-0.4, -0.2) is 19.1 Å². The van der Waals surface area contributed by atoms with Crippen molar-refractivity contribution in [2.75, 3.05) is 7.11 Å². The summed E-state index contributed by atoms with van der Waals surface area (Å²) in [6.07, 6.45) is 2.39. The van der Waals surface area contributed by atoms with Crippen LogP contribution in [0.4, 0.5) is 0 Å². The van der Waals surface area contributed by atoms with Crippen LogP contribution < -0.4 is 10.1 Å². The van der Waals surface area contributed by atoms with Gasteiger partial charge in [-0.05, 0) is 30.5 Å². The number of hydrogen-bond donors (Lipinski definition) is 1. The van der Waals surface area contributed by atoms with Crippen LogP contribution in [0.15, 0.2) is 24.3 Å². The lowest BCUT2D eigenvalue weighted by Gasteiger charge is -2.14. The van der Waals surface area contributed by atoms with E-state index in [1.807, 2.05) is 24.3 Å². The van der Waals surface area contributed by atoms with Crippen LogP contribution in [0, 0.1) is 0 Å². The molecule has 3 nitrogen and oxygen atoms in total. The molecule has 0 aromatic heterocycles. The van der Waals surface area contributed by atoms with Gasteiger partial charge in [0.1, 0.15) is 5.75 Å². The van der Waals surface area contributed by atoms with Gasteiger partial charge in [0.2, 0.25) is 5.91 Å². The Morgan fingerprint density at radius 1 is 1.24 bits per heavy atom. The van der Waals surface area contributed by atoms with E-state index < -0.39 is 0 Å². The van der Waals surface area contributed by atoms with Crippen molar-refractivity contribution in [1.82, 2.24) is 5.32 Å². The summed E-state index contributed by atoms with van der Waals surface area (Å²) in [5.74, 6) is 0.901. The van der Waals surface area contributed by atoms with Gasteiger partial charge >= 0.3 is 0 Å². The smallest absolute Gasteiger partial charge is 0.224 e. The second-order valence-corrected chi connectivity index (χ2v) is 4.11. The Labute approximate surface area is 103 Å². The van der Waals surface area contributed by atoms with E-state index in [0.717, 1.165) is 24.2 Å². The van der Waals surface area contributed by atoms with Gasteiger partial charge < -0.3 is 10.1 Å². The lowest BCUT2D eigenvalue weighted by molar-refractivity contribution is -0.121. The van der Waals surface area contributed by atoms with E-state index in [4.69, 9.17) is 4.74 Å². The van der Waals surface area contributed by atoms with Crippen molar-refractivity contribution in [2.45, 2.75) is 39.2 Å². The van der Waals surface area contributed by atoms with Gasteiger partial charge in [-0.25, -0.2) is 0 Å². The molecule has 0 fully saturated rings. The molecule has 0 radical (unpaired) electrons. The molecule has 17 heavy (non-hydrogen) atoms. The van der Waals surface area contributed by atoms with Crippen molar-refractivity contribution in [2.24, 2.45) is 0 Å². The van der Waals surface area contributed by atoms with Crippen LogP contribution in [0.2, 0.25) is 0 Å². The van der Waals surface area contributed by atoms with E-state index in [1.54, 1.807) is 7.11 Å². The minimum Gasteiger partial charge on any atom is -0.497 e. The zero-order valence-corrected chi connectivity index (χ0v) is 10.8. The number of hydrogen-bond acceptors (Lipinski definition) is 2. The number of methoxy groups -OCH3 is 1. The molecule has 1 rings (SSSR count). The predicted molar refractivity (Wildman–Crippen MR) is 69.2 cm³/mol. The molecule has 0 heterocycles. The molecule has 1 amide bonds. The van der Waals surface area contributed by atoms with E-state index in [0.29, 0.717) is 12.5 Å². The highest BCUT2D eigenvalue weighted by molar-refractivity contribution is 5.78. The third-order valence-corrected chi connectivity index (χ3v) is 2.87. The molecule has 0 aliphatic carbocycles. The van der Waals surface area contributed by atoms with E-state index in [-0.39, 0.29) is 5.91 Å². The van der Waals surface area contributed by atoms with Crippen molar-refractivity contribution >= 4 is 5.91 Å². The van der Waals surface area contributed by atoms with Crippen molar-refractivity contribution in [3.63, 3.8) is 0 Å². The lowest BCUT2D eigenvalue weighted by Crippen LogP contribution is -2.34. The Morgan fingerprint density at radius 2 is 1.82 bits per heavy atom. The van der Waals surface area contributed by atoms with Gasteiger partial charge in [0.05, 0.1) is 13.5 Å². The molecular weight excluding hydrogens is 214 g/mol. The minimum atomic E-state index is 0.0869. The van der Waals surface area contributed by atoms with Crippen molar-refractivity contribution < 1.29 is 9.53 Å². The molecule has 0 atom stereocenters. The third-order valence-electron chi connectivity index (χ3n) is 2.87. The van der Waals surface area contributed by atoms with Gasteiger partial charge in [0.25, 0.3) is 0 Å². The highest BCUT2D eigenvalue weighted by Gasteiger charge is 2.08. The summed E-state index contributed by atoms with van der Waals surface area (Å²) in [4.78, 5) is 11.8. The summed E-state index contributed by atoms with van der Waals surface area (Å²) in [6.45, 7) is 4.17. The Bertz CT molecular complexity index is 342. The molecule has 1 aromatic rings. The quantitative estimate of drug-likeness (QED) is 0.823. The predicted octanol–water partition coefficient (Wildman–Crippen LogP) is 2.54. The number of nitrogens with one attached hydrogen (secondary N) is 1. The van der Waals surface area contributed by atoms with Crippen LogP contribution in [0.5, 0.6) is 5.75 Å². The summed E-state index contributed by atoms with van der Waals surface area (Å²) in [6, 6.07) is 7.89. The van der Waals surface area contributed by atoms with Crippen molar-refractivity contribution in [3.8, 4) is 5.75 Å². The van der Waals surface area contributed by atoms with E-state index in [2.05, 4.69) is 19.2 Å². The number of amides is 1. The van der Waals surface area contributed by atoms with Gasteiger partial charge in [-0.2, -0.15) is 0 Å². The molecule has 0 saturated heterocycles. The minimum absolute atomic E-state index is 0.0869. The zero-order valence-electron chi connectivity index (χ0n) is 10.8. The lowest BCUT2D eigenvalue weighted by atomic mass is 10.1. The van der Waals surface area contributed by atoms with Crippen LogP contribution in [0.3, 0.4) is 0 Å². The second-order valence-electron chi connectivity index (χ2n) is 4.11. The summed E-state index contributed by atoms with van der Waals surface area (Å²) >= 11 is 0. The Kier molecular flexibility index (Phi) is 5.53. The van der Waals surface area contributed by atoms with Crippen molar-refractivity contribution in [3.05, 3.63) is 29.8 Å². The van der Waals surface area contributed by atoms with Gasteiger partial charge in [-0.3, -0.25) is 4.79 Å². The Hall–Kier alpha value is -1.51. The number of ether oxygens (including phenoxy) is 1. The highest BCUT2D eigenvalue weighted by Crippen LogP contribution is 2.11. The highest BCUT2D eigenvalue weighted by atomic mass is 16.5. The fourth-order valence-electron chi connectivity index (χ4n) is 1.70. The third kappa shape index (κ3) is 4.47. The normalized spacial score (nSPS) is 10.4. The first kappa shape index (κ1) is 13.6. The standard InChI is InChI=1S/C14H21NO2/c1-4-12(5-2)15-14(16)10-11-6-8-13(17-3)9-7-11/h6-9,12H,4-5,10H2,1-3H3,(H,15,16). The fraction of sp³-hybridized carbons (Fsp3) is 0.500. The first-order chi connectivity index (χ1) is 8.19. The second kappa shape index (κ2) is 6.94. The maximum Gasteiger partial charge on any atom is 0.224 e. The first-order valence-electron chi connectivity index (χ1n) is 6.11. The molecule has 0 aliphatic rings. The van der Waals surface area contributed by atoms with E-state index in [1.165, 1.54) is 0 Å². The van der Waals surface area contributed by atoms with Crippen molar-refractivity contribution in [1.29, 1.82) is 0 Å². The molecule has 3 heteroatoms.